The molecule has 4 rings (SSSR count). The van der Waals surface area contributed by atoms with Crippen LogP contribution in [-0.2, 0) is 16.0 Å². The molecule has 0 aromatic carbocycles. The normalized spacial score (nSPS) is 29.1. The molecule has 0 spiro atoms. The Morgan fingerprint density at radius 1 is 1.30 bits per heavy atom. The second-order valence-corrected chi connectivity index (χ2v) is 8.21. The van der Waals surface area contributed by atoms with E-state index < -0.39 is 0 Å². The van der Waals surface area contributed by atoms with Gasteiger partial charge >= 0.3 is 0 Å². The van der Waals surface area contributed by atoms with E-state index in [2.05, 4.69) is 11.0 Å². The van der Waals surface area contributed by atoms with Crippen molar-refractivity contribution < 1.29 is 9.53 Å². The number of carbonyl (C=O) groups is 1. The van der Waals surface area contributed by atoms with Crippen molar-refractivity contribution in [3.8, 4) is 0 Å². The van der Waals surface area contributed by atoms with Gasteiger partial charge in [-0.05, 0) is 30.2 Å². The van der Waals surface area contributed by atoms with Crippen LogP contribution in [0.2, 0.25) is 0 Å². The number of nitrogens with zero attached hydrogens (tertiary/aromatic N) is 2. The van der Waals surface area contributed by atoms with Crippen molar-refractivity contribution in [3.05, 3.63) is 22.4 Å². The highest BCUT2D eigenvalue weighted by Crippen LogP contribution is 2.30. The molecule has 1 amide bonds. The fraction of sp³-hybridized carbons (Fsp3) is 0.722. The lowest BCUT2D eigenvalue weighted by atomic mass is 10.0. The number of rotatable bonds is 4. The van der Waals surface area contributed by atoms with Gasteiger partial charge in [0.2, 0.25) is 5.91 Å². The van der Waals surface area contributed by atoms with Crippen molar-refractivity contribution in [2.24, 2.45) is 5.92 Å². The van der Waals surface area contributed by atoms with Crippen LogP contribution in [0.1, 0.15) is 30.6 Å². The third-order valence-corrected chi connectivity index (χ3v) is 6.52. The first-order chi connectivity index (χ1) is 11.3. The standard InChI is InChI=1S/C18H26N2O2S/c21-18(10-15-6-3-9-23-15)20-12-16-17(13-20)22-8-7-19(16)11-14-4-1-2-5-14/h3,6,9,14,16-17H,1-2,4-5,7-8,10-13H2/t16-,17+/m1/s1. The number of thiophene rings is 1. The minimum absolute atomic E-state index is 0.220. The van der Waals surface area contributed by atoms with E-state index in [1.807, 2.05) is 16.3 Å². The molecule has 0 N–H and O–H groups in total. The van der Waals surface area contributed by atoms with Crippen LogP contribution in [-0.4, -0.2) is 60.6 Å². The van der Waals surface area contributed by atoms with E-state index in [0.717, 1.165) is 37.0 Å². The van der Waals surface area contributed by atoms with Crippen molar-refractivity contribution in [1.29, 1.82) is 0 Å². The summed E-state index contributed by atoms with van der Waals surface area (Å²) in [6.07, 6.45) is 6.33. The Balaban J connectivity index is 1.37. The number of amides is 1. The smallest absolute Gasteiger partial charge is 0.227 e. The molecule has 3 aliphatic rings. The highest BCUT2D eigenvalue weighted by Gasteiger charge is 2.42. The molecule has 4 nitrogen and oxygen atoms in total. The van der Waals surface area contributed by atoms with Crippen LogP contribution in [0.3, 0.4) is 0 Å². The molecular weight excluding hydrogens is 308 g/mol. The topological polar surface area (TPSA) is 32.8 Å². The summed E-state index contributed by atoms with van der Waals surface area (Å²) in [6.45, 7) is 4.68. The number of hydrogen-bond acceptors (Lipinski definition) is 4. The van der Waals surface area contributed by atoms with Crippen LogP contribution in [0.5, 0.6) is 0 Å². The fourth-order valence-corrected chi connectivity index (χ4v) is 5.08. The van der Waals surface area contributed by atoms with Gasteiger partial charge in [-0.3, -0.25) is 9.69 Å². The third kappa shape index (κ3) is 3.47. The molecule has 1 saturated carbocycles. The predicted molar refractivity (Wildman–Crippen MR) is 91.7 cm³/mol. The van der Waals surface area contributed by atoms with Gasteiger partial charge in [0, 0.05) is 31.1 Å². The van der Waals surface area contributed by atoms with Crippen LogP contribution < -0.4 is 0 Å². The van der Waals surface area contributed by atoms with Gasteiger partial charge < -0.3 is 9.64 Å². The number of carbonyl (C=O) groups excluding carboxylic acids is 1. The molecule has 0 bridgehead atoms. The Labute approximate surface area is 142 Å². The summed E-state index contributed by atoms with van der Waals surface area (Å²) in [4.78, 5) is 18.4. The van der Waals surface area contributed by atoms with Gasteiger partial charge in [0.05, 0.1) is 25.2 Å². The highest BCUT2D eigenvalue weighted by molar-refractivity contribution is 7.10. The lowest BCUT2D eigenvalue weighted by Gasteiger charge is -2.38. The van der Waals surface area contributed by atoms with Gasteiger partial charge in [0.1, 0.15) is 0 Å². The maximum absolute atomic E-state index is 12.6. The maximum atomic E-state index is 12.6. The van der Waals surface area contributed by atoms with Crippen molar-refractivity contribution in [2.75, 3.05) is 32.8 Å². The molecule has 3 fully saturated rings. The van der Waals surface area contributed by atoms with Crippen LogP contribution in [0.15, 0.2) is 17.5 Å². The lowest BCUT2D eigenvalue weighted by Crippen LogP contribution is -2.52. The molecule has 1 aromatic rings. The van der Waals surface area contributed by atoms with E-state index in [1.54, 1.807) is 11.3 Å². The molecule has 126 valence electrons. The zero-order valence-electron chi connectivity index (χ0n) is 13.7. The van der Waals surface area contributed by atoms with E-state index in [1.165, 1.54) is 32.2 Å². The third-order valence-electron chi connectivity index (χ3n) is 5.64. The van der Waals surface area contributed by atoms with Crippen LogP contribution >= 0.6 is 11.3 Å². The van der Waals surface area contributed by atoms with Crippen molar-refractivity contribution in [3.63, 3.8) is 0 Å². The van der Waals surface area contributed by atoms with E-state index in [9.17, 15) is 4.79 Å². The van der Waals surface area contributed by atoms with Crippen LogP contribution in [0, 0.1) is 5.92 Å². The Morgan fingerprint density at radius 2 is 2.17 bits per heavy atom. The molecule has 0 radical (unpaired) electrons. The molecule has 2 aliphatic heterocycles. The monoisotopic (exact) mass is 334 g/mol. The second kappa shape index (κ2) is 6.91. The van der Waals surface area contributed by atoms with Crippen LogP contribution in [0.25, 0.3) is 0 Å². The van der Waals surface area contributed by atoms with Crippen molar-refractivity contribution in [1.82, 2.24) is 9.80 Å². The maximum Gasteiger partial charge on any atom is 0.227 e. The molecule has 1 aromatic heterocycles. The molecule has 0 unspecified atom stereocenters. The van der Waals surface area contributed by atoms with Gasteiger partial charge in [0.15, 0.2) is 0 Å². The molecule has 23 heavy (non-hydrogen) atoms. The molecule has 2 saturated heterocycles. The first kappa shape index (κ1) is 15.6. The summed E-state index contributed by atoms with van der Waals surface area (Å²) in [5.74, 6) is 1.12. The largest absolute Gasteiger partial charge is 0.373 e. The number of hydrogen-bond donors (Lipinski definition) is 0. The van der Waals surface area contributed by atoms with E-state index in [-0.39, 0.29) is 12.0 Å². The Kier molecular flexibility index (Phi) is 4.69. The summed E-state index contributed by atoms with van der Waals surface area (Å²) in [7, 11) is 0. The number of morpholine rings is 1. The number of fused-ring (bicyclic) bond motifs is 1. The quantitative estimate of drug-likeness (QED) is 0.848. The average molecular weight is 334 g/mol. The molecule has 3 heterocycles. The van der Waals surface area contributed by atoms with Crippen molar-refractivity contribution >= 4 is 17.2 Å². The average Bonchev–Trinajstić information content (AvgIpc) is 3.28. The molecular formula is C18H26N2O2S. The first-order valence-electron chi connectivity index (χ1n) is 8.95. The number of ether oxygens (including phenoxy) is 1. The first-order valence-corrected chi connectivity index (χ1v) is 9.83. The summed E-state index contributed by atoms with van der Waals surface area (Å²) in [5, 5.41) is 2.04. The summed E-state index contributed by atoms with van der Waals surface area (Å²) >= 11 is 1.67. The van der Waals surface area contributed by atoms with Gasteiger partial charge in [0.25, 0.3) is 0 Å². The fourth-order valence-electron chi connectivity index (χ4n) is 4.39. The lowest BCUT2D eigenvalue weighted by molar-refractivity contribution is -0.129. The molecule has 5 heteroatoms. The Bertz CT molecular complexity index is 527. The van der Waals surface area contributed by atoms with E-state index in [0.29, 0.717) is 12.5 Å². The molecule has 1 aliphatic carbocycles. The van der Waals surface area contributed by atoms with E-state index >= 15 is 0 Å². The van der Waals surface area contributed by atoms with Gasteiger partial charge in [-0.25, -0.2) is 0 Å². The van der Waals surface area contributed by atoms with Crippen molar-refractivity contribution in [2.45, 2.75) is 44.2 Å². The zero-order valence-corrected chi connectivity index (χ0v) is 14.5. The minimum Gasteiger partial charge on any atom is -0.373 e. The zero-order chi connectivity index (χ0) is 15.6. The van der Waals surface area contributed by atoms with Gasteiger partial charge in [-0.2, -0.15) is 0 Å². The summed E-state index contributed by atoms with van der Waals surface area (Å²) < 4.78 is 5.98. The highest BCUT2D eigenvalue weighted by atomic mass is 32.1. The van der Waals surface area contributed by atoms with E-state index in [4.69, 9.17) is 4.74 Å². The Morgan fingerprint density at radius 3 is 2.96 bits per heavy atom. The van der Waals surface area contributed by atoms with Crippen LogP contribution in [0.4, 0.5) is 0 Å². The van der Waals surface area contributed by atoms with Gasteiger partial charge in [-0.1, -0.05) is 18.9 Å². The molecule has 2 atom stereocenters. The Hall–Kier alpha value is -0.910. The SMILES string of the molecule is O=C(Cc1cccs1)N1C[C@@H]2OCCN(CC3CCCC3)[C@@H]2C1. The predicted octanol–water partition coefficient (Wildman–Crippen LogP) is 2.39. The number of likely N-dealkylation sites (tertiary alicyclic amines) is 1. The van der Waals surface area contributed by atoms with Gasteiger partial charge in [-0.15, -0.1) is 11.3 Å². The second-order valence-electron chi connectivity index (χ2n) is 7.18. The summed E-state index contributed by atoms with van der Waals surface area (Å²) in [5.41, 5.74) is 0. The summed E-state index contributed by atoms with van der Waals surface area (Å²) in [6, 6.07) is 4.48. The minimum atomic E-state index is 0.220.